The third-order valence-electron chi connectivity index (χ3n) is 2.63. The fraction of sp³-hybridized carbons (Fsp3) is 0.385. The van der Waals surface area contributed by atoms with Crippen molar-refractivity contribution in [1.82, 2.24) is 15.0 Å². The molecule has 0 aliphatic rings. The maximum atomic E-state index is 4.11. The van der Waals surface area contributed by atoms with Crippen LogP contribution in [0.5, 0.6) is 0 Å². The molecule has 17 heavy (non-hydrogen) atoms. The Morgan fingerprint density at radius 3 is 2.71 bits per heavy atom. The summed E-state index contributed by atoms with van der Waals surface area (Å²) in [5.41, 5.74) is 2.44. The summed E-state index contributed by atoms with van der Waals surface area (Å²) in [7, 11) is 0. The van der Waals surface area contributed by atoms with E-state index in [0.717, 1.165) is 36.8 Å². The molecule has 0 amide bonds. The van der Waals surface area contributed by atoms with Crippen LogP contribution in [0.4, 0.5) is 0 Å². The van der Waals surface area contributed by atoms with Crippen LogP contribution in [0.25, 0.3) is 0 Å². The molecule has 90 valence electrons. The zero-order valence-corrected chi connectivity index (χ0v) is 11.3. The summed E-state index contributed by atoms with van der Waals surface area (Å²) in [5, 5.41) is 9.17. The summed E-state index contributed by atoms with van der Waals surface area (Å²) in [6.07, 6.45) is 5.17. The first kappa shape index (κ1) is 12.3. The van der Waals surface area contributed by atoms with E-state index >= 15 is 0 Å². The van der Waals surface area contributed by atoms with E-state index in [-0.39, 0.29) is 0 Å². The smallest absolute Gasteiger partial charge is 0.0835 e. The molecule has 1 heterocycles. The van der Waals surface area contributed by atoms with Crippen LogP contribution in [-0.4, -0.2) is 20.3 Å². The molecule has 2 aromatic rings. The van der Waals surface area contributed by atoms with Gasteiger partial charge in [-0.1, -0.05) is 51.5 Å². The molecule has 0 saturated heterocycles. The number of alkyl halides is 1. The lowest BCUT2D eigenvalue weighted by molar-refractivity contribution is 0.558. The highest BCUT2D eigenvalue weighted by Crippen LogP contribution is 2.04. The fourth-order valence-electron chi connectivity index (χ4n) is 1.75. The number of rotatable bonds is 6. The lowest BCUT2D eigenvalue weighted by atomic mass is 10.1. The van der Waals surface area contributed by atoms with Crippen molar-refractivity contribution < 1.29 is 0 Å². The third-order valence-corrected chi connectivity index (χ3v) is 3.03. The molecule has 2 rings (SSSR count). The Kier molecular flexibility index (Phi) is 4.74. The molecular formula is C13H16BrN3. The van der Waals surface area contributed by atoms with Gasteiger partial charge in [0.1, 0.15) is 0 Å². The zero-order valence-electron chi connectivity index (χ0n) is 9.72. The number of hydrogen-bond donors (Lipinski definition) is 0. The molecule has 0 spiro atoms. The summed E-state index contributed by atoms with van der Waals surface area (Å²) >= 11 is 3.40. The van der Waals surface area contributed by atoms with E-state index in [1.165, 1.54) is 5.56 Å². The Bertz CT molecular complexity index is 439. The topological polar surface area (TPSA) is 30.7 Å². The van der Waals surface area contributed by atoms with Crippen LogP contribution in [-0.2, 0) is 19.4 Å². The monoisotopic (exact) mass is 293 g/mol. The number of benzene rings is 1. The first-order valence-corrected chi connectivity index (χ1v) is 6.99. The summed E-state index contributed by atoms with van der Waals surface area (Å²) in [6.45, 7) is 0.935. The van der Waals surface area contributed by atoms with E-state index in [9.17, 15) is 0 Å². The van der Waals surface area contributed by atoms with Gasteiger partial charge in [0.25, 0.3) is 0 Å². The molecule has 3 nitrogen and oxygen atoms in total. The maximum absolute atomic E-state index is 4.11. The Balaban J connectivity index is 1.78. The van der Waals surface area contributed by atoms with Gasteiger partial charge < -0.3 is 0 Å². The highest BCUT2D eigenvalue weighted by molar-refractivity contribution is 9.09. The van der Waals surface area contributed by atoms with Crippen molar-refractivity contribution in [2.45, 2.75) is 25.8 Å². The predicted molar refractivity (Wildman–Crippen MR) is 72.3 cm³/mol. The average Bonchev–Trinajstić information content (AvgIpc) is 2.79. The van der Waals surface area contributed by atoms with Gasteiger partial charge in [-0.05, 0) is 18.4 Å². The van der Waals surface area contributed by atoms with Crippen LogP contribution in [0.15, 0.2) is 36.5 Å². The van der Waals surface area contributed by atoms with Crippen LogP contribution in [0.3, 0.4) is 0 Å². The molecule has 4 heteroatoms. The SMILES string of the molecule is BrCCc1cn(CCCc2ccccc2)nn1. The van der Waals surface area contributed by atoms with Gasteiger partial charge >= 0.3 is 0 Å². The number of hydrogen-bond acceptors (Lipinski definition) is 2. The minimum atomic E-state index is 0.935. The molecule has 0 bridgehead atoms. The largest absolute Gasteiger partial charge is 0.252 e. The predicted octanol–water partition coefficient (Wildman–Crippen LogP) is 2.85. The van der Waals surface area contributed by atoms with Crippen molar-refractivity contribution in [3.8, 4) is 0 Å². The van der Waals surface area contributed by atoms with Crippen molar-refractivity contribution in [2.24, 2.45) is 0 Å². The molecule has 0 saturated carbocycles. The van der Waals surface area contributed by atoms with Crippen LogP contribution >= 0.6 is 15.9 Å². The van der Waals surface area contributed by atoms with E-state index in [0.29, 0.717) is 0 Å². The molecule has 0 atom stereocenters. The highest BCUT2D eigenvalue weighted by atomic mass is 79.9. The first-order chi connectivity index (χ1) is 8.38. The van der Waals surface area contributed by atoms with Crippen molar-refractivity contribution in [1.29, 1.82) is 0 Å². The van der Waals surface area contributed by atoms with Gasteiger partial charge in [0, 0.05) is 24.5 Å². The van der Waals surface area contributed by atoms with Crippen molar-refractivity contribution in [3.05, 3.63) is 47.8 Å². The molecule has 0 radical (unpaired) electrons. The summed E-state index contributed by atoms with van der Waals surface area (Å²) in [4.78, 5) is 0. The van der Waals surface area contributed by atoms with E-state index in [1.54, 1.807) is 0 Å². The second-order valence-electron chi connectivity index (χ2n) is 4.00. The molecule has 1 aromatic heterocycles. The van der Waals surface area contributed by atoms with Crippen LogP contribution in [0.2, 0.25) is 0 Å². The minimum absolute atomic E-state index is 0.935. The van der Waals surface area contributed by atoms with Gasteiger partial charge in [-0.3, -0.25) is 4.68 Å². The molecule has 0 aliphatic carbocycles. The summed E-state index contributed by atoms with van der Waals surface area (Å²) < 4.78 is 1.93. The summed E-state index contributed by atoms with van der Waals surface area (Å²) in [6, 6.07) is 10.5. The lowest BCUT2D eigenvalue weighted by Crippen LogP contribution is -2.00. The van der Waals surface area contributed by atoms with E-state index in [2.05, 4.69) is 50.5 Å². The van der Waals surface area contributed by atoms with Crippen molar-refractivity contribution in [2.75, 3.05) is 5.33 Å². The average molecular weight is 294 g/mol. The zero-order chi connectivity index (χ0) is 11.9. The van der Waals surface area contributed by atoms with Crippen LogP contribution in [0.1, 0.15) is 17.7 Å². The van der Waals surface area contributed by atoms with Gasteiger partial charge in [0.05, 0.1) is 5.69 Å². The van der Waals surface area contributed by atoms with E-state index < -0.39 is 0 Å². The molecule has 0 fully saturated rings. The van der Waals surface area contributed by atoms with Crippen LogP contribution in [0, 0.1) is 0 Å². The van der Waals surface area contributed by atoms with Gasteiger partial charge in [0.15, 0.2) is 0 Å². The second kappa shape index (κ2) is 6.55. The second-order valence-corrected chi connectivity index (χ2v) is 4.79. The minimum Gasteiger partial charge on any atom is -0.252 e. The number of aromatic nitrogens is 3. The fourth-order valence-corrected chi connectivity index (χ4v) is 2.16. The normalized spacial score (nSPS) is 10.6. The molecule has 0 N–H and O–H groups in total. The van der Waals surface area contributed by atoms with Gasteiger partial charge in [-0.25, -0.2) is 0 Å². The van der Waals surface area contributed by atoms with Crippen LogP contribution < -0.4 is 0 Å². The number of aryl methyl sites for hydroxylation is 3. The van der Waals surface area contributed by atoms with Crippen molar-refractivity contribution in [3.63, 3.8) is 0 Å². The maximum Gasteiger partial charge on any atom is 0.0835 e. The Labute approximate surface area is 110 Å². The molecule has 0 unspecified atom stereocenters. The number of halogens is 1. The lowest BCUT2D eigenvalue weighted by Gasteiger charge is -2.01. The summed E-state index contributed by atoms with van der Waals surface area (Å²) in [5.74, 6) is 0. The quantitative estimate of drug-likeness (QED) is 0.767. The molecule has 0 aliphatic heterocycles. The van der Waals surface area contributed by atoms with Gasteiger partial charge in [0.2, 0.25) is 0 Å². The Morgan fingerprint density at radius 2 is 1.94 bits per heavy atom. The van der Waals surface area contributed by atoms with Gasteiger partial charge in [-0.2, -0.15) is 0 Å². The Hall–Kier alpha value is -1.16. The first-order valence-electron chi connectivity index (χ1n) is 5.87. The third kappa shape index (κ3) is 3.97. The molecular weight excluding hydrogens is 278 g/mol. The number of nitrogens with zero attached hydrogens (tertiary/aromatic N) is 3. The standard InChI is InChI=1S/C13H16BrN3/c14-9-8-13-11-17(16-15-13)10-4-7-12-5-2-1-3-6-12/h1-3,5-6,11H,4,7-10H2. The van der Waals surface area contributed by atoms with E-state index in [4.69, 9.17) is 0 Å². The molecule has 1 aromatic carbocycles. The van der Waals surface area contributed by atoms with Gasteiger partial charge in [-0.15, -0.1) is 5.10 Å². The van der Waals surface area contributed by atoms with Crippen molar-refractivity contribution >= 4 is 15.9 Å². The highest BCUT2D eigenvalue weighted by Gasteiger charge is 1.99. The Morgan fingerprint density at radius 1 is 1.12 bits per heavy atom. The van der Waals surface area contributed by atoms with E-state index in [1.807, 2.05) is 16.9 Å².